The summed E-state index contributed by atoms with van der Waals surface area (Å²) in [5.41, 5.74) is 0.823. The lowest BCUT2D eigenvalue weighted by Gasteiger charge is -1.96. The van der Waals surface area contributed by atoms with Crippen molar-refractivity contribution in [3.8, 4) is 11.4 Å². The largest absolute Gasteiger partial charge is 0.268 e. The molecule has 4 nitrogen and oxygen atoms in total. The minimum Gasteiger partial charge on any atom is -0.268 e. The molecule has 0 saturated heterocycles. The molecule has 5 heteroatoms. The number of hydrogen-bond donors (Lipinski definition) is 1. The smallest absolute Gasteiger partial charge is 0.160 e. The molecule has 2 aromatic heterocycles. The normalized spacial score (nSPS) is 9.85. The summed E-state index contributed by atoms with van der Waals surface area (Å²) in [4.78, 5) is 8.16. The molecule has 0 saturated carbocycles. The highest BCUT2D eigenvalue weighted by Gasteiger charge is 1.98. The first kappa shape index (κ1) is 8.00. The summed E-state index contributed by atoms with van der Waals surface area (Å²) < 4.78 is 0.574. The van der Waals surface area contributed by atoms with E-state index in [9.17, 15) is 0 Å². The summed E-state index contributed by atoms with van der Waals surface area (Å²) in [5.74, 6) is 0.634. The Labute approximate surface area is 79.7 Å². The number of hydrogen-bond acceptors (Lipinski definition) is 4. The molecule has 64 valence electrons. The fraction of sp³-hybridized carbons (Fsp3) is 0. The van der Waals surface area contributed by atoms with Gasteiger partial charge in [-0.05, 0) is 12.1 Å². The van der Waals surface area contributed by atoms with E-state index in [0.29, 0.717) is 10.5 Å². The van der Waals surface area contributed by atoms with Crippen LogP contribution in [-0.4, -0.2) is 20.2 Å². The molecule has 0 fully saturated rings. The van der Waals surface area contributed by atoms with E-state index in [1.54, 1.807) is 30.7 Å². The second kappa shape index (κ2) is 3.40. The Morgan fingerprint density at radius 3 is 2.69 bits per heavy atom. The fourth-order valence-corrected chi connectivity index (χ4v) is 1.13. The van der Waals surface area contributed by atoms with Crippen molar-refractivity contribution in [1.82, 2.24) is 20.2 Å². The van der Waals surface area contributed by atoms with E-state index in [-0.39, 0.29) is 0 Å². The number of rotatable bonds is 1. The highest BCUT2D eigenvalue weighted by molar-refractivity contribution is 7.71. The molecule has 0 amide bonds. The second-order valence-corrected chi connectivity index (χ2v) is 2.85. The van der Waals surface area contributed by atoms with E-state index >= 15 is 0 Å². The average Bonchev–Trinajstić information content (AvgIpc) is 2.19. The zero-order chi connectivity index (χ0) is 9.10. The van der Waals surface area contributed by atoms with Gasteiger partial charge in [0.2, 0.25) is 0 Å². The first-order valence-electron chi connectivity index (χ1n) is 3.68. The maximum absolute atomic E-state index is 4.93. The molecule has 2 heterocycles. The molecule has 0 radical (unpaired) electrons. The van der Waals surface area contributed by atoms with E-state index in [4.69, 9.17) is 12.2 Å². The van der Waals surface area contributed by atoms with Gasteiger partial charge in [-0.3, -0.25) is 5.10 Å². The van der Waals surface area contributed by atoms with E-state index < -0.39 is 0 Å². The molecule has 0 aliphatic heterocycles. The molecule has 2 rings (SSSR count). The monoisotopic (exact) mass is 190 g/mol. The van der Waals surface area contributed by atoms with Crippen LogP contribution in [0, 0.1) is 4.64 Å². The van der Waals surface area contributed by atoms with Crippen molar-refractivity contribution < 1.29 is 0 Å². The van der Waals surface area contributed by atoms with Crippen molar-refractivity contribution >= 4 is 12.2 Å². The van der Waals surface area contributed by atoms with E-state index in [1.165, 1.54) is 0 Å². The Bertz CT molecular complexity index is 451. The Morgan fingerprint density at radius 1 is 1.23 bits per heavy atom. The highest BCUT2D eigenvalue weighted by atomic mass is 32.1. The third kappa shape index (κ3) is 1.75. The quantitative estimate of drug-likeness (QED) is 0.694. The summed E-state index contributed by atoms with van der Waals surface area (Å²) in [7, 11) is 0. The van der Waals surface area contributed by atoms with Crippen LogP contribution in [0.15, 0.2) is 30.7 Å². The SMILES string of the molecule is S=c1cc(-c2ncccn2)cn[nH]1. The van der Waals surface area contributed by atoms with Crippen LogP contribution < -0.4 is 0 Å². The maximum atomic E-state index is 4.93. The van der Waals surface area contributed by atoms with Crippen molar-refractivity contribution in [2.24, 2.45) is 0 Å². The number of aromatic nitrogens is 4. The van der Waals surface area contributed by atoms with Crippen LogP contribution >= 0.6 is 12.2 Å². The molecule has 2 aromatic rings. The van der Waals surface area contributed by atoms with Crippen LogP contribution in [-0.2, 0) is 0 Å². The molecule has 0 unspecified atom stereocenters. The van der Waals surface area contributed by atoms with Gasteiger partial charge >= 0.3 is 0 Å². The lowest BCUT2D eigenvalue weighted by atomic mass is 10.3. The van der Waals surface area contributed by atoms with Crippen LogP contribution in [0.2, 0.25) is 0 Å². The third-order valence-electron chi connectivity index (χ3n) is 1.49. The summed E-state index contributed by atoms with van der Waals surface area (Å²) in [6, 6.07) is 3.54. The van der Waals surface area contributed by atoms with Gasteiger partial charge in [0.25, 0.3) is 0 Å². The van der Waals surface area contributed by atoms with Gasteiger partial charge in [-0.15, -0.1) is 0 Å². The van der Waals surface area contributed by atoms with Gasteiger partial charge in [0.05, 0.1) is 6.20 Å². The van der Waals surface area contributed by atoms with E-state index in [0.717, 1.165) is 5.56 Å². The molecular formula is C8H6N4S. The lowest BCUT2D eigenvalue weighted by Crippen LogP contribution is -1.89. The molecule has 1 N–H and O–H groups in total. The molecular weight excluding hydrogens is 184 g/mol. The fourth-order valence-electron chi connectivity index (χ4n) is 0.947. The van der Waals surface area contributed by atoms with Crippen LogP contribution in [0.1, 0.15) is 0 Å². The molecule has 0 aromatic carbocycles. The van der Waals surface area contributed by atoms with E-state index in [1.807, 2.05) is 0 Å². The first-order chi connectivity index (χ1) is 6.36. The summed E-state index contributed by atoms with van der Waals surface area (Å²) in [5, 5.41) is 6.50. The lowest BCUT2D eigenvalue weighted by molar-refractivity contribution is 1.01. The van der Waals surface area contributed by atoms with Crippen LogP contribution in [0.5, 0.6) is 0 Å². The van der Waals surface area contributed by atoms with Gasteiger partial charge in [-0.25, -0.2) is 9.97 Å². The predicted molar refractivity (Wildman–Crippen MR) is 50.4 cm³/mol. The van der Waals surface area contributed by atoms with Crippen molar-refractivity contribution in [1.29, 1.82) is 0 Å². The minimum absolute atomic E-state index is 0.574. The zero-order valence-electron chi connectivity index (χ0n) is 6.64. The maximum Gasteiger partial charge on any atom is 0.160 e. The van der Waals surface area contributed by atoms with Crippen molar-refractivity contribution in [3.05, 3.63) is 35.4 Å². The second-order valence-electron chi connectivity index (χ2n) is 2.41. The Kier molecular flexibility index (Phi) is 2.09. The standard InChI is InChI=1S/C8H6N4S/c13-7-4-6(5-11-12-7)8-9-2-1-3-10-8/h1-5H,(H,12,13). The number of H-pyrrole nitrogens is 1. The van der Waals surface area contributed by atoms with Gasteiger partial charge < -0.3 is 0 Å². The van der Waals surface area contributed by atoms with Crippen molar-refractivity contribution in [2.75, 3.05) is 0 Å². The minimum atomic E-state index is 0.574. The van der Waals surface area contributed by atoms with Gasteiger partial charge in [0.1, 0.15) is 4.64 Å². The Hall–Kier alpha value is -1.62. The summed E-state index contributed by atoms with van der Waals surface area (Å²) in [6.07, 6.45) is 5.01. The van der Waals surface area contributed by atoms with E-state index in [2.05, 4.69) is 20.2 Å². The van der Waals surface area contributed by atoms with Gasteiger partial charge in [0.15, 0.2) is 5.82 Å². The molecule has 0 spiro atoms. The van der Waals surface area contributed by atoms with Crippen molar-refractivity contribution in [3.63, 3.8) is 0 Å². The van der Waals surface area contributed by atoms with Crippen LogP contribution in [0.3, 0.4) is 0 Å². The number of nitrogens with one attached hydrogen (secondary N) is 1. The van der Waals surface area contributed by atoms with Gasteiger partial charge in [-0.1, -0.05) is 12.2 Å². The Morgan fingerprint density at radius 2 is 2.00 bits per heavy atom. The zero-order valence-corrected chi connectivity index (χ0v) is 7.45. The molecule has 0 atom stereocenters. The van der Waals surface area contributed by atoms with Crippen LogP contribution in [0.4, 0.5) is 0 Å². The molecule has 13 heavy (non-hydrogen) atoms. The average molecular weight is 190 g/mol. The highest BCUT2D eigenvalue weighted by Crippen LogP contribution is 2.10. The van der Waals surface area contributed by atoms with Crippen molar-refractivity contribution in [2.45, 2.75) is 0 Å². The first-order valence-corrected chi connectivity index (χ1v) is 4.09. The molecule has 0 bridgehead atoms. The van der Waals surface area contributed by atoms with Gasteiger partial charge in [-0.2, -0.15) is 5.10 Å². The van der Waals surface area contributed by atoms with Gasteiger partial charge in [0, 0.05) is 18.0 Å². The topological polar surface area (TPSA) is 54.5 Å². The molecule has 0 aliphatic rings. The molecule has 0 aliphatic carbocycles. The summed E-state index contributed by atoms with van der Waals surface area (Å²) in [6.45, 7) is 0. The van der Waals surface area contributed by atoms with Crippen LogP contribution in [0.25, 0.3) is 11.4 Å². The number of nitrogens with zero attached hydrogens (tertiary/aromatic N) is 3. The summed E-state index contributed by atoms with van der Waals surface area (Å²) >= 11 is 4.93. The number of aromatic amines is 1. The third-order valence-corrected chi connectivity index (χ3v) is 1.70. The predicted octanol–water partition coefficient (Wildman–Crippen LogP) is 1.60. The Balaban J connectivity index is 2.54.